The van der Waals surface area contributed by atoms with Gasteiger partial charge in [-0.25, -0.2) is 4.79 Å². The van der Waals surface area contributed by atoms with E-state index < -0.39 is 5.97 Å². The Balaban J connectivity index is 2.27. The number of nitrogens with zero attached hydrogens (tertiary/aromatic N) is 2. The van der Waals surface area contributed by atoms with Crippen LogP contribution in [0.4, 0.5) is 11.4 Å². The van der Waals surface area contributed by atoms with Gasteiger partial charge in [0.1, 0.15) is 11.4 Å². The zero-order valence-corrected chi connectivity index (χ0v) is 12.7. The second kappa shape index (κ2) is 5.97. The predicted molar refractivity (Wildman–Crippen MR) is 84.4 cm³/mol. The van der Waals surface area contributed by atoms with Gasteiger partial charge < -0.3 is 10.2 Å². The van der Waals surface area contributed by atoms with E-state index in [1.165, 1.54) is 12.1 Å². The first-order chi connectivity index (χ1) is 10.3. The number of carboxylic acid groups (broad SMARTS) is 1. The minimum atomic E-state index is -0.987. The molecule has 0 saturated carbocycles. The van der Waals surface area contributed by atoms with Crippen molar-refractivity contribution >= 4 is 17.3 Å². The lowest BCUT2D eigenvalue weighted by atomic mass is 9.87. The molecule has 0 atom stereocenters. The molecular weight excluding hydrogens is 280 g/mol. The maximum atomic E-state index is 10.8. The molecule has 2 rings (SSSR count). The highest BCUT2D eigenvalue weighted by molar-refractivity contribution is 5.87. The van der Waals surface area contributed by atoms with E-state index in [0.717, 1.165) is 5.56 Å². The van der Waals surface area contributed by atoms with Crippen LogP contribution in [0.25, 0.3) is 0 Å². The van der Waals surface area contributed by atoms with E-state index in [2.05, 4.69) is 31.0 Å². The summed E-state index contributed by atoms with van der Waals surface area (Å²) in [5, 5.41) is 26.8. The first kappa shape index (κ1) is 15.7. The third-order valence-corrected chi connectivity index (χ3v) is 3.23. The van der Waals surface area contributed by atoms with Crippen LogP contribution < -0.4 is 0 Å². The number of phenolic OH excluding ortho intramolecular Hbond substituents is 1. The summed E-state index contributed by atoms with van der Waals surface area (Å²) < 4.78 is 0. The number of carbonyl (C=O) groups is 1. The normalized spacial score (nSPS) is 11.8. The Morgan fingerprint density at radius 1 is 1.00 bits per heavy atom. The summed E-state index contributed by atoms with van der Waals surface area (Å²) in [4.78, 5) is 10.8. The number of aromatic carboxylic acids is 1. The van der Waals surface area contributed by atoms with E-state index in [9.17, 15) is 9.90 Å². The molecule has 5 heteroatoms. The van der Waals surface area contributed by atoms with Crippen LogP contribution in [0.1, 0.15) is 36.7 Å². The molecule has 2 aromatic rings. The Kier molecular flexibility index (Phi) is 4.26. The molecule has 0 aromatic heterocycles. The van der Waals surface area contributed by atoms with E-state index >= 15 is 0 Å². The number of phenols is 1. The van der Waals surface area contributed by atoms with Crippen molar-refractivity contribution in [2.24, 2.45) is 10.2 Å². The predicted octanol–water partition coefficient (Wildman–Crippen LogP) is 4.80. The summed E-state index contributed by atoms with van der Waals surface area (Å²) in [7, 11) is 0. The van der Waals surface area contributed by atoms with Crippen molar-refractivity contribution in [3.63, 3.8) is 0 Å². The Morgan fingerprint density at radius 3 is 2.18 bits per heavy atom. The van der Waals surface area contributed by atoms with Crippen LogP contribution in [-0.4, -0.2) is 16.2 Å². The van der Waals surface area contributed by atoms with Crippen LogP contribution in [-0.2, 0) is 5.41 Å². The van der Waals surface area contributed by atoms with E-state index in [-0.39, 0.29) is 16.7 Å². The van der Waals surface area contributed by atoms with Gasteiger partial charge >= 0.3 is 5.97 Å². The lowest BCUT2D eigenvalue weighted by Crippen LogP contribution is -2.10. The average molecular weight is 298 g/mol. The van der Waals surface area contributed by atoms with Crippen LogP contribution in [0, 0.1) is 0 Å². The number of hydrogen-bond donors (Lipinski definition) is 2. The summed E-state index contributed by atoms with van der Waals surface area (Å²) in [6.07, 6.45) is 0. The lowest BCUT2D eigenvalue weighted by molar-refractivity contribution is 0.0697. The molecule has 0 amide bonds. The summed E-state index contributed by atoms with van der Waals surface area (Å²) >= 11 is 0. The molecule has 0 unspecified atom stereocenters. The van der Waals surface area contributed by atoms with Crippen LogP contribution >= 0.6 is 0 Å². The van der Waals surface area contributed by atoms with E-state index in [1.54, 1.807) is 24.3 Å². The zero-order valence-electron chi connectivity index (χ0n) is 12.7. The first-order valence-corrected chi connectivity index (χ1v) is 6.86. The monoisotopic (exact) mass is 298 g/mol. The molecule has 0 saturated heterocycles. The van der Waals surface area contributed by atoms with Gasteiger partial charge in [-0.2, -0.15) is 5.11 Å². The minimum absolute atomic E-state index is 0.0545. The highest BCUT2D eigenvalue weighted by Crippen LogP contribution is 2.33. The molecule has 0 aliphatic heterocycles. The number of aromatic hydroxyl groups is 1. The van der Waals surface area contributed by atoms with Gasteiger partial charge in [-0.3, -0.25) is 0 Å². The number of rotatable bonds is 3. The van der Waals surface area contributed by atoms with Crippen molar-refractivity contribution in [3.05, 3.63) is 53.6 Å². The number of azo groups is 1. The third-order valence-electron chi connectivity index (χ3n) is 3.23. The Morgan fingerprint density at radius 2 is 1.64 bits per heavy atom. The fourth-order valence-corrected chi connectivity index (χ4v) is 1.85. The van der Waals surface area contributed by atoms with Gasteiger partial charge in [0.05, 0.1) is 11.3 Å². The van der Waals surface area contributed by atoms with E-state index in [4.69, 9.17) is 5.11 Å². The third kappa shape index (κ3) is 3.69. The van der Waals surface area contributed by atoms with Gasteiger partial charge in [-0.1, -0.05) is 26.8 Å². The number of benzene rings is 2. The molecule has 114 valence electrons. The molecule has 22 heavy (non-hydrogen) atoms. The van der Waals surface area contributed by atoms with Gasteiger partial charge in [0.25, 0.3) is 0 Å². The summed E-state index contributed by atoms with van der Waals surface area (Å²) in [5.41, 5.74) is 2.08. The summed E-state index contributed by atoms with van der Waals surface area (Å²) in [6, 6.07) is 11.3. The molecule has 0 aliphatic rings. The Bertz CT molecular complexity index is 714. The van der Waals surface area contributed by atoms with Gasteiger partial charge in [0.15, 0.2) is 0 Å². The van der Waals surface area contributed by atoms with Crippen molar-refractivity contribution in [3.8, 4) is 5.75 Å². The fourth-order valence-electron chi connectivity index (χ4n) is 1.85. The Hall–Kier alpha value is -2.69. The molecular formula is C17H18N2O3. The van der Waals surface area contributed by atoms with Gasteiger partial charge in [-0.15, -0.1) is 5.11 Å². The molecule has 2 aromatic carbocycles. The topological polar surface area (TPSA) is 82.2 Å². The van der Waals surface area contributed by atoms with Crippen LogP contribution in [0.5, 0.6) is 5.75 Å². The molecule has 0 fully saturated rings. The summed E-state index contributed by atoms with van der Waals surface area (Å²) in [6.45, 7) is 6.22. The van der Waals surface area contributed by atoms with Crippen molar-refractivity contribution in [2.75, 3.05) is 0 Å². The minimum Gasteiger partial charge on any atom is -0.506 e. The smallest absolute Gasteiger partial charge is 0.335 e. The van der Waals surface area contributed by atoms with Crippen LogP contribution in [0.3, 0.4) is 0 Å². The average Bonchev–Trinajstić information content (AvgIpc) is 2.45. The van der Waals surface area contributed by atoms with Gasteiger partial charge in [0, 0.05) is 0 Å². The molecule has 0 aliphatic carbocycles. The quantitative estimate of drug-likeness (QED) is 0.798. The molecule has 0 bridgehead atoms. The first-order valence-electron chi connectivity index (χ1n) is 6.86. The molecule has 0 radical (unpaired) electrons. The maximum absolute atomic E-state index is 10.8. The van der Waals surface area contributed by atoms with Crippen molar-refractivity contribution in [1.29, 1.82) is 0 Å². The number of carboxylic acids is 1. The van der Waals surface area contributed by atoms with E-state index in [0.29, 0.717) is 11.4 Å². The summed E-state index contributed by atoms with van der Waals surface area (Å²) in [5.74, 6) is -0.932. The highest BCUT2D eigenvalue weighted by Gasteiger charge is 2.15. The number of hydrogen-bond acceptors (Lipinski definition) is 4. The van der Waals surface area contributed by atoms with Crippen molar-refractivity contribution in [2.45, 2.75) is 26.2 Å². The second-order valence-electron chi connectivity index (χ2n) is 6.01. The largest absolute Gasteiger partial charge is 0.506 e. The Labute approximate surface area is 129 Å². The van der Waals surface area contributed by atoms with Gasteiger partial charge in [-0.05, 0) is 47.4 Å². The second-order valence-corrected chi connectivity index (χ2v) is 6.01. The molecule has 2 N–H and O–H groups in total. The standard InChI is InChI=1S/C17H18N2O3/c1-17(2,3)12-6-9-15(20)14(10-12)19-18-13-7-4-11(5-8-13)16(21)22/h4-10,20H,1-3H3,(H,21,22). The van der Waals surface area contributed by atoms with Crippen LogP contribution in [0.2, 0.25) is 0 Å². The zero-order chi connectivity index (χ0) is 16.3. The lowest BCUT2D eigenvalue weighted by Gasteiger charge is -2.19. The maximum Gasteiger partial charge on any atom is 0.335 e. The highest BCUT2D eigenvalue weighted by atomic mass is 16.4. The van der Waals surface area contributed by atoms with Crippen molar-refractivity contribution in [1.82, 2.24) is 0 Å². The van der Waals surface area contributed by atoms with Crippen LogP contribution in [0.15, 0.2) is 52.7 Å². The van der Waals surface area contributed by atoms with E-state index in [1.807, 2.05) is 6.07 Å². The van der Waals surface area contributed by atoms with Gasteiger partial charge in [0.2, 0.25) is 0 Å². The van der Waals surface area contributed by atoms with Crippen molar-refractivity contribution < 1.29 is 15.0 Å². The SMILES string of the molecule is CC(C)(C)c1ccc(O)c(N=Nc2ccc(C(=O)O)cc2)c1. The fraction of sp³-hybridized carbons (Fsp3) is 0.235. The molecule has 0 spiro atoms. The molecule has 5 nitrogen and oxygen atoms in total. The molecule has 0 heterocycles.